The van der Waals surface area contributed by atoms with Gasteiger partial charge in [0.2, 0.25) is 11.9 Å². The van der Waals surface area contributed by atoms with Crippen molar-refractivity contribution in [2.75, 3.05) is 43.0 Å². The highest BCUT2D eigenvalue weighted by molar-refractivity contribution is 5.97. The average molecular weight is 519 g/mol. The molecule has 11 heteroatoms. The molecule has 0 unspecified atom stereocenters. The number of hydrogen-bond acceptors (Lipinski definition) is 8. The van der Waals surface area contributed by atoms with Crippen molar-refractivity contribution >= 4 is 34.9 Å². The molecule has 0 spiro atoms. The quantitative estimate of drug-likeness (QED) is 0.436. The van der Waals surface area contributed by atoms with E-state index in [1.165, 1.54) is 11.6 Å². The number of imidazole rings is 1. The Kier molecular flexibility index (Phi) is 7.28. The van der Waals surface area contributed by atoms with E-state index in [0.29, 0.717) is 29.5 Å². The Morgan fingerprint density at radius 1 is 1.18 bits per heavy atom. The molecule has 0 saturated carbocycles. The molecule has 5 rings (SSSR count). The minimum Gasteiger partial charge on any atom is -0.447 e. The van der Waals surface area contributed by atoms with Crippen molar-refractivity contribution in [1.29, 1.82) is 0 Å². The summed E-state index contributed by atoms with van der Waals surface area (Å²) in [6, 6.07) is 8.27. The number of carbonyl (C=O) groups excluding carboxylic acids is 2. The summed E-state index contributed by atoms with van der Waals surface area (Å²) in [6.07, 6.45) is 2.52. The minimum atomic E-state index is -0.415. The van der Waals surface area contributed by atoms with Gasteiger partial charge in [0.25, 0.3) is 0 Å². The van der Waals surface area contributed by atoms with Gasteiger partial charge in [0.15, 0.2) is 11.5 Å². The summed E-state index contributed by atoms with van der Waals surface area (Å²) in [4.78, 5) is 46.9. The second kappa shape index (κ2) is 10.8. The van der Waals surface area contributed by atoms with E-state index in [4.69, 9.17) is 9.72 Å². The molecule has 2 atom stereocenters. The Bertz CT molecular complexity index is 1310. The van der Waals surface area contributed by atoms with Crippen LogP contribution in [0.3, 0.4) is 0 Å². The molecule has 11 nitrogen and oxygen atoms in total. The number of H-pyrrole nitrogens is 1. The summed E-state index contributed by atoms with van der Waals surface area (Å²) in [5.74, 6) is 1.05. The van der Waals surface area contributed by atoms with Gasteiger partial charge in [-0.05, 0) is 30.0 Å². The van der Waals surface area contributed by atoms with Gasteiger partial charge < -0.3 is 19.9 Å². The Morgan fingerprint density at radius 3 is 2.61 bits per heavy atom. The van der Waals surface area contributed by atoms with E-state index < -0.39 is 6.09 Å². The third kappa shape index (κ3) is 5.19. The lowest BCUT2D eigenvalue weighted by Crippen LogP contribution is -2.47. The van der Waals surface area contributed by atoms with Crippen LogP contribution in [0.4, 0.5) is 16.6 Å². The average Bonchev–Trinajstić information content (AvgIpc) is 3.55. The number of benzene rings is 1. The van der Waals surface area contributed by atoms with Crippen molar-refractivity contribution in [2.45, 2.75) is 39.4 Å². The van der Waals surface area contributed by atoms with Crippen molar-refractivity contribution in [3.63, 3.8) is 0 Å². The van der Waals surface area contributed by atoms with Crippen LogP contribution in [-0.4, -0.2) is 80.6 Å². The van der Waals surface area contributed by atoms with E-state index in [0.717, 1.165) is 38.3 Å². The van der Waals surface area contributed by atoms with E-state index in [1.807, 2.05) is 11.8 Å². The Morgan fingerprint density at radius 2 is 1.92 bits per heavy atom. The lowest BCUT2D eigenvalue weighted by Gasteiger charge is -2.34. The summed E-state index contributed by atoms with van der Waals surface area (Å²) in [6.45, 7) is 14.0. The number of carbonyl (C=O) groups is 2. The van der Waals surface area contributed by atoms with Crippen LogP contribution in [0.25, 0.3) is 11.2 Å². The number of aromatic nitrogens is 4. The van der Waals surface area contributed by atoms with Gasteiger partial charge in [0, 0.05) is 32.7 Å². The highest BCUT2D eigenvalue weighted by atomic mass is 16.6. The van der Waals surface area contributed by atoms with E-state index >= 15 is 0 Å². The number of cyclic esters (lactones) is 1. The third-order valence-electron chi connectivity index (χ3n) is 7.26. The molecule has 38 heavy (non-hydrogen) atoms. The molecule has 2 fully saturated rings. The number of amides is 2. The fourth-order valence-corrected chi connectivity index (χ4v) is 4.93. The van der Waals surface area contributed by atoms with Crippen LogP contribution in [0.1, 0.15) is 37.9 Å². The number of nitrogens with zero attached hydrogens (tertiary/aromatic N) is 6. The van der Waals surface area contributed by atoms with Crippen LogP contribution in [0.15, 0.2) is 43.2 Å². The SMILES string of the molecule is C=CC(=O)N1CCN(Cc2ccc([C@H](C)Nc3nc(N4C(=O)OC[C@@H]4C(C)C)c4[nH]cnc4n3)cc2)CC1. The molecule has 1 aromatic carbocycles. The Hall–Kier alpha value is -3.99. The molecule has 0 aliphatic carbocycles. The summed E-state index contributed by atoms with van der Waals surface area (Å²) in [7, 11) is 0. The summed E-state index contributed by atoms with van der Waals surface area (Å²) in [5, 5.41) is 3.37. The number of anilines is 2. The molecule has 3 aromatic rings. The topological polar surface area (TPSA) is 120 Å². The van der Waals surface area contributed by atoms with E-state index in [2.05, 4.69) is 69.9 Å². The highest BCUT2D eigenvalue weighted by Gasteiger charge is 2.38. The maximum absolute atomic E-state index is 12.6. The van der Waals surface area contributed by atoms with E-state index in [-0.39, 0.29) is 23.9 Å². The smallest absolute Gasteiger partial charge is 0.416 e. The summed E-state index contributed by atoms with van der Waals surface area (Å²) >= 11 is 0. The van der Waals surface area contributed by atoms with E-state index in [9.17, 15) is 9.59 Å². The first kappa shape index (κ1) is 25.7. The highest BCUT2D eigenvalue weighted by Crippen LogP contribution is 2.31. The number of piperazine rings is 1. The fraction of sp³-hybridized carbons (Fsp3) is 0.444. The van der Waals surface area contributed by atoms with Crippen molar-refractivity contribution in [1.82, 2.24) is 29.7 Å². The van der Waals surface area contributed by atoms with Gasteiger partial charge in [-0.1, -0.05) is 44.7 Å². The number of ether oxygens (including phenoxy) is 1. The number of rotatable bonds is 8. The predicted molar refractivity (Wildman–Crippen MR) is 145 cm³/mol. The van der Waals surface area contributed by atoms with Gasteiger partial charge in [-0.2, -0.15) is 9.97 Å². The first-order valence-corrected chi connectivity index (χ1v) is 13.0. The zero-order valence-electron chi connectivity index (χ0n) is 22.1. The van der Waals surface area contributed by atoms with Crippen LogP contribution in [0, 0.1) is 5.92 Å². The van der Waals surface area contributed by atoms with Gasteiger partial charge in [-0.15, -0.1) is 0 Å². The Labute approximate surface area is 221 Å². The standard InChI is InChI=1S/C27H34N8O3/c1-5-22(36)34-12-10-33(11-13-34)14-19-6-8-20(9-7-19)18(4)30-26-31-24-23(28-16-29-24)25(32-26)35-21(17(2)3)15-38-27(35)37/h5-9,16-18,21H,1,10-15H2,2-4H3,(H2,28,29,30,31,32)/t18-,21+/m0/s1. The molecule has 2 aromatic heterocycles. The number of fused-ring (bicyclic) bond motifs is 1. The number of hydrogen-bond donors (Lipinski definition) is 2. The minimum absolute atomic E-state index is 0.00173. The number of aromatic amines is 1. The number of nitrogens with one attached hydrogen (secondary N) is 2. The van der Waals surface area contributed by atoms with Crippen molar-refractivity contribution < 1.29 is 14.3 Å². The molecule has 4 heterocycles. The van der Waals surface area contributed by atoms with Crippen LogP contribution >= 0.6 is 0 Å². The lowest BCUT2D eigenvalue weighted by molar-refractivity contribution is -0.127. The van der Waals surface area contributed by atoms with Gasteiger partial charge in [-0.25, -0.2) is 9.78 Å². The molecule has 0 bridgehead atoms. The second-order valence-corrected chi connectivity index (χ2v) is 10.1. The second-order valence-electron chi connectivity index (χ2n) is 10.1. The summed E-state index contributed by atoms with van der Waals surface area (Å²) < 4.78 is 5.34. The van der Waals surface area contributed by atoms with Crippen molar-refractivity contribution in [3.05, 3.63) is 54.4 Å². The molecule has 200 valence electrons. The Balaban J connectivity index is 1.27. The van der Waals surface area contributed by atoms with Crippen LogP contribution in [0.2, 0.25) is 0 Å². The zero-order valence-corrected chi connectivity index (χ0v) is 22.1. The predicted octanol–water partition coefficient (Wildman–Crippen LogP) is 3.34. The maximum Gasteiger partial charge on any atom is 0.416 e. The van der Waals surface area contributed by atoms with E-state index in [1.54, 1.807) is 11.2 Å². The summed E-state index contributed by atoms with van der Waals surface area (Å²) in [5.41, 5.74) is 3.39. The molecular formula is C27H34N8O3. The monoisotopic (exact) mass is 518 g/mol. The first-order valence-electron chi connectivity index (χ1n) is 13.0. The molecule has 0 radical (unpaired) electrons. The molecule has 2 aliphatic rings. The lowest BCUT2D eigenvalue weighted by atomic mass is 10.0. The van der Waals surface area contributed by atoms with Gasteiger partial charge >= 0.3 is 6.09 Å². The molecular weight excluding hydrogens is 484 g/mol. The van der Waals surface area contributed by atoms with Gasteiger partial charge in [0.05, 0.1) is 18.4 Å². The van der Waals surface area contributed by atoms with Crippen molar-refractivity contribution in [2.24, 2.45) is 5.92 Å². The molecule has 2 saturated heterocycles. The maximum atomic E-state index is 12.6. The molecule has 2 amide bonds. The zero-order chi connectivity index (χ0) is 26.8. The van der Waals surface area contributed by atoms with Crippen LogP contribution in [0.5, 0.6) is 0 Å². The largest absolute Gasteiger partial charge is 0.447 e. The normalized spacial score (nSPS) is 19.2. The van der Waals surface area contributed by atoms with Crippen LogP contribution in [-0.2, 0) is 16.1 Å². The van der Waals surface area contributed by atoms with Gasteiger partial charge in [0.1, 0.15) is 12.1 Å². The molecule has 2 aliphatic heterocycles. The van der Waals surface area contributed by atoms with Crippen molar-refractivity contribution in [3.8, 4) is 0 Å². The van der Waals surface area contributed by atoms with Crippen LogP contribution < -0.4 is 10.2 Å². The molecule has 2 N–H and O–H groups in total. The fourth-order valence-electron chi connectivity index (χ4n) is 4.93. The third-order valence-corrected chi connectivity index (χ3v) is 7.26. The first-order chi connectivity index (χ1) is 18.3. The van der Waals surface area contributed by atoms with Gasteiger partial charge in [-0.3, -0.25) is 14.6 Å².